The van der Waals surface area contributed by atoms with Crippen LogP contribution in [0.15, 0.2) is 42.5 Å². The molecule has 88 valence electrons. The molecule has 0 aromatic heterocycles. The molecule has 0 aromatic rings. The van der Waals surface area contributed by atoms with Gasteiger partial charge in [-0.2, -0.15) is 12.5 Å². The standard InChI is InChI=1S/C6H10.C5H5.C4H9.Zr/c1-5(2)6(3)4;1-2-4-5-3-1;1-3-4-2;/h1,3H2,2,4H3;1-3H,4H2;1,3-4H2,2H3;/q;2*-1;+2. The fraction of sp³-hybridized carbons (Fsp3) is 0.400. The molecule has 0 heterocycles. The van der Waals surface area contributed by atoms with E-state index in [1.165, 1.54) is 6.42 Å². The second kappa shape index (κ2) is 17.2. The second-order valence-corrected chi connectivity index (χ2v) is 3.42. The SMILES string of the molecule is C=C(C)C(=C)C.[C-]1=CC=CC1.[CH2-]CCC.[Zr+2]. The third-order valence-corrected chi connectivity index (χ3v) is 1.67. The predicted molar refractivity (Wildman–Crippen MR) is 71.5 cm³/mol. The van der Waals surface area contributed by atoms with E-state index in [2.05, 4.69) is 39.2 Å². The van der Waals surface area contributed by atoms with Gasteiger partial charge in [0.15, 0.2) is 0 Å². The molecular formula is C15H24Zr. The van der Waals surface area contributed by atoms with Crippen molar-refractivity contribution in [2.45, 2.75) is 40.0 Å². The van der Waals surface area contributed by atoms with Gasteiger partial charge in [-0.1, -0.05) is 37.6 Å². The Morgan fingerprint density at radius 2 is 1.75 bits per heavy atom. The normalized spacial score (nSPS) is 10.2. The minimum absolute atomic E-state index is 0. The number of unbranched alkanes of at least 4 members (excludes halogenated alkanes) is 1. The molecule has 0 bridgehead atoms. The zero-order valence-electron chi connectivity index (χ0n) is 11.0. The van der Waals surface area contributed by atoms with E-state index >= 15 is 0 Å². The Morgan fingerprint density at radius 1 is 1.31 bits per heavy atom. The van der Waals surface area contributed by atoms with Crippen LogP contribution in [-0.4, -0.2) is 0 Å². The molecule has 1 aliphatic rings. The monoisotopic (exact) mass is 294 g/mol. The summed E-state index contributed by atoms with van der Waals surface area (Å²) in [6.45, 7) is 16.9. The van der Waals surface area contributed by atoms with Gasteiger partial charge in [-0.15, -0.1) is 6.42 Å². The molecule has 0 radical (unpaired) electrons. The molecule has 0 N–H and O–H groups in total. The zero-order chi connectivity index (χ0) is 12.1. The van der Waals surface area contributed by atoms with Gasteiger partial charge in [0.1, 0.15) is 0 Å². The Bertz CT molecular complexity index is 198. The van der Waals surface area contributed by atoms with Crippen LogP contribution >= 0.6 is 0 Å². The third-order valence-electron chi connectivity index (χ3n) is 1.67. The predicted octanol–water partition coefficient (Wildman–Crippen LogP) is 5.06. The minimum atomic E-state index is 0. The van der Waals surface area contributed by atoms with Crippen LogP contribution in [-0.2, 0) is 26.2 Å². The van der Waals surface area contributed by atoms with Gasteiger partial charge < -0.3 is 6.92 Å². The Hall–Kier alpha value is -0.157. The Kier molecular flexibility index (Phi) is 22.8. The third kappa shape index (κ3) is 23.6. The first-order chi connectivity index (χ1) is 7.06. The van der Waals surface area contributed by atoms with E-state index in [9.17, 15) is 0 Å². The van der Waals surface area contributed by atoms with Crippen molar-refractivity contribution in [1.29, 1.82) is 0 Å². The van der Waals surface area contributed by atoms with Crippen molar-refractivity contribution in [3.63, 3.8) is 0 Å². The summed E-state index contributed by atoms with van der Waals surface area (Å²) in [6.07, 6.45) is 12.3. The van der Waals surface area contributed by atoms with Crippen molar-refractivity contribution in [3.05, 3.63) is 55.5 Å². The first-order valence-electron chi connectivity index (χ1n) is 5.38. The molecule has 0 saturated carbocycles. The number of rotatable bonds is 2. The van der Waals surface area contributed by atoms with E-state index < -0.39 is 0 Å². The Morgan fingerprint density at radius 3 is 1.81 bits per heavy atom. The summed E-state index contributed by atoms with van der Waals surface area (Å²) in [5.41, 5.74) is 2.13. The van der Waals surface area contributed by atoms with Gasteiger partial charge in [0.05, 0.1) is 0 Å². The quantitative estimate of drug-likeness (QED) is 0.493. The molecular weight excluding hydrogens is 271 g/mol. The van der Waals surface area contributed by atoms with E-state index in [0.717, 1.165) is 24.0 Å². The fourth-order valence-electron chi connectivity index (χ4n) is 0.340. The average molecular weight is 296 g/mol. The van der Waals surface area contributed by atoms with E-state index in [0.29, 0.717) is 0 Å². The summed E-state index contributed by atoms with van der Waals surface area (Å²) in [7, 11) is 0. The topological polar surface area (TPSA) is 0 Å². The summed E-state index contributed by atoms with van der Waals surface area (Å²) < 4.78 is 0. The van der Waals surface area contributed by atoms with Crippen LogP contribution in [0.2, 0.25) is 0 Å². The molecule has 0 amide bonds. The molecule has 1 aliphatic carbocycles. The van der Waals surface area contributed by atoms with Crippen molar-refractivity contribution in [2.24, 2.45) is 0 Å². The average Bonchev–Trinajstić information content (AvgIpc) is 2.76. The largest absolute Gasteiger partial charge is 2.00 e. The van der Waals surface area contributed by atoms with Crippen LogP contribution in [0, 0.1) is 13.0 Å². The number of hydrogen-bond donors (Lipinski definition) is 0. The van der Waals surface area contributed by atoms with Gasteiger partial charge in [0.2, 0.25) is 0 Å². The molecule has 0 unspecified atom stereocenters. The van der Waals surface area contributed by atoms with Crippen molar-refractivity contribution >= 4 is 0 Å². The van der Waals surface area contributed by atoms with Gasteiger partial charge in [-0.05, 0) is 13.8 Å². The first-order valence-corrected chi connectivity index (χ1v) is 5.38. The number of hydrogen-bond acceptors (Lipinski definition) is 0. The van der Waals surface area contributed by atoms with E-state index in [1.54, 1.807) is 0 Å². The zero-order valence-corrected chi connectivity index (χ0v) is 13.4. The molecule has 0 spiro atoms. The maximum absolute atomic E-state index is 3.66. The molecule has 1 heteroatoms. The van der Waals surface area contributed by atoms with Gasteiger partial charge in [-0.25, -0.2) is 12.2 Å². The summed E-state index contributed by atoms with van der Waals surface area (Å²) in [5, 5.41) is 0. The molecule has 0 aromatic carbocycles. The van der Waals surface area contributed by atoms with E-state index in [4.69, 9.17) is 0 Å². The number of allylic oxidation sites excluding steroid dienone is 6. The molecule has 0 nitrogen and oxygen atoms in total. The maximum Gasteiger partial charge on any atom is 2.00 e. The molecule has 0 fully saturated rings. The Balaban J connectivity index is -0.000000157. The minimum Gasteiger partial charge on any atom is -0.343 e. The van der Waals surface area contributed by atoms with Crippen LogP contribution in [0.3, 0.4) is 0 Å². The van der Waals surface area contributed by atoms with Crippen LogP contribution in [0.1, 0.15) is 40.0 Å². The smallest absolute Gasteiger partial charge is 0.343 e. The second-order valence-electron chi connectivity index (χ2n) is 3.42. The first kappa shape index (κ1) is 21.2. The summed E-state index contributed by atoms with van der Waals surface area (Å²) >= 11 is 0. The van der Waals surface area contributed by atoms with Crippen LogP contribution in [0.25, 0.3) is 0 Å². The fourth-order valence-corrected chi connectivity index (χ4v) is 0.340. The van der Waals surface area contributed by atoms with Crippen molar-refractivity contribution in [1.82, 2.24) is 0 Å². The van der Waals surface area contributed by atoms with E-state index in [1.807, 2.05) is 26.0 Å². The summed E-state index contributed by atoms with van der Waals surface area (Å²) in [4.78, 5) is 0. The van der Waals surface area contributed by atoms with E-state index in [-0.39, 0.29) is 26.2 Å². The van der Waals surface area contributed by atoms with Gasteiger partial charge in [-0.3, -0.25) is 6.08 Å². The maximum atomic E-state index is 3.66. The Labute approximate surface area is 121 Å². The summed E-state index contributed by atoms with van der Waals surface area (Å²) in [5.74, 6) is 0. The van der Waals surface area contributed by atoms with Crippen LogP contribution in [0.4, 0.5) is 0 Å². The molecule has 16 heavy (non-hydrogen) atoms. The van der Waals surface area contributed by atoms with Gasteiger partial charge in [0, 0.05) is 0 Å². The molecule has 0 aliphatic heterocycles. The molecule has 0 saturated heterocycles. The van der Waals surface area contributed by atoms with Crippen molar-refractivity contribution in [3.8, 4) is 0 Å². The van der Waals surface area contributed by atoms with Crippen molar-refractivity contribution in [2.75, 3.05) is 0 Å². The van der Waals surface area contributed by atoms with Crippen molar-refractivity contribution < 1.29 is 26.2 Å². The molecule has 1 rings (SSSR count). The van der Waals surface area contributed by atoms with Crippen LogP contribution in [0.5, 0.6) is 0 Å². The van der Waals surface area contributed by atoms with Gasteiger partial charge in [0.25, 0.3) is 0 Å². The van der Waals surface area contributed by atoms with Gasteiger partial charge >= 0.3 is 26.2 Å². The molecule has 0 atom stereocenters. The summed E-state index contributed by atoms with van der Waals surface area (Å²) in [6, 6.07) is 0. The van der Waals surface area contributed by atoms with Crippen LogP contribution < -0.4 is 0 Å².